The van der Waals surface area contributed by atoms with Gasteiger partial charge in [0.05, 0.1) is 19.0 Å². The standard InChI is InChI=1S/C22H25N5O2/c1-15-3-4-20(29-2)17(11-15)14-27-9-5-16(6-10-27)18-12-21(28)26-22(25-18)19-13-23-7-8-24-19/h3-4,7-8,11-13,16H,5-6,9-10,14H2,1-2H3,(H,25,26,28). The number of nitrogens with zero attached hydrogens (tertiary/aromatic N) is 4. The van der Waals surface area contributed by atoms with Crippen LogP contribution in [0.1, 0.15) is 35.6 Å². The number of rotatable bonds is 5. The van der Waals surface area contributed by atoms with Crippen molar-refractivity contribution in [2.24, 2.45) is 0 Å². The third kappa shape index (κ3) is 4.51. The third-order valence-corrected chi connectivity index (χ3v) is 5.40. The molecule has 1 aliphatic rings. The van der Waals surface area contributed by atoms with Gasteiger partial charge in [-0.1, -0.05) is 17.7 Å². The van der Waals surface area contributed by atoms with Gasteiger partial charge in [0.15, 0.2) is 5.82 Å². The highest BCUT2D eigenvalue weighted by Gasteiger charge is 2.23. The summed E-state index contributed by atoms with van der Waals surface area (Å²) in [7, 11) is 1.72. The van der Waals surface area contributed by atoms with Crippen LogP contribution in [0.5, 0.6) is 5.75 Å². The first kappa shape index (κ1) is 19.3. The molecule has 0 radical (unpaired) electrons. The molecule has 29 heavy (non-hydrogen) atoms. The van der Waals surface area contributed by atoms with Crippen molar-refractivity contribution in [1.29, 1.82) is 0 Å². The molecule has 0 amide bonds. The summed E-state index contributed by atoms with van der Waals surface area (Å²) in [5.41, 5.74) is 3.71. The van der Waals surface area contributed by atoms with E-state index in [0.29, 0.717) is 11.5 Å². The summed E-state index contributed by atoms with van der Waals surface area (Å²) in [6.45, 7) is 4.88. The Hall–Kier alpha value is -3.06. The minimum Gasteiger partial charge on any atom is -0.496 e. The fraction of sp³-hybridized carbons (Fsp3) is 0.364. The van der Waals surface area contributed by atoms with Crippen LogP contribution < -0.4 is 10.3 Å². The molecule has 0 unspecified atom stereocenters. The van der Waals surface area contributed by atoms with Crippen LogP contribution in [-0.2, 0) is 6.54 Å². The number of aryl methyl sites for hydroxylation is 1. The second kappa shape index (κ2) is 8.53. The highest BCUT2D eigenvalue weighted by molar-refractivity contribution is 5.46. The van der Waals surface area contributed by atoms with E-state index in [1.54, 1.807) is 31.8 Å². The van der Waals surface area contributed by atoms with Gasteiger partial charge in [0, 0.05) is 36.5 Å². The molecule has 2 aromatic heterocycles. The van der Waals surface area contributed by atoms with Gasteiger partial charge < -0.3 is 9.72 Å². The number of benzene rings is 1. The number of aromatic nitrogens is 4. The number of hydrogen-bond donors (Lipinski definition) is 1. The topological polar surface area (TPSA) is 84.0 Å². The highest BCUT2D eigenvalue weighted by atomic mass is 16.5. The predicted molar refractivity (Wildman–Crippen MR) is 111 cm³/mol. The zero-order chi connectivity index (χ0) is 20.2. The van der Waals surface area contributed by atoms with Gasteiger partial charge >= 0.3 is 0 Å². The molecule has 150 valence electrons. The Balaban J connectivity index is 1.46. The van der Waals surface area contributed by atoms with Crippen molar-refractivity contribution in [3.63, 3.8) is 0 Å². The fourth-order valence-electron chi connectivity index (χ4n) is 3.89. The summed E-state index contributed by atoms with van der Waals surface area (Å²) in [5.74, 6) is 1.68. The van der Waals surface area contributed by atoms with Crippen molar-refractivity contribution in [3.05, 3.63) is 70.0 Å². The number of aromatic amines is 1. The Morgan fingerprint density at radius 2 is 2.03 bits per heavy atom. The van der Waals surface area contributed by atoms with E-state index in [4.69, 9.17) is 4.74 Å². The van der Waals surface area contributed by atoms with Gasteiger partial charge in [0.25, 0.3) is 5.56 Å². The molecule has 3 heterocycles. The predicted octanol–water partition coefficient (Wildman–Crippen LogP) is 2.92. The van der Waals surface area contributed by atoms with Gasteiger partial charge in [0.1, 0.15) is 11.4 Å². The van der Waals surface area contributed by atoms with Crippen LogP contribution in [0.2, 0.25) is 0 Å². The first-order chi connectivity index (χ1) is 14.1. The molecule has 7 nitrogen and oxygen atoms in total. The van der Waals surface area contributed by atoms with Crippen LogP contribution in [0, 0.1) is 6.92 Å². The van der Waals surface area contributed by atoms with Crippen molar-refractivity contribution >= 4 is 0 Å². The average Bonchev–Trinajstić information content (AvgIpc) is 2.75. The first-order valence-corrected chi connectivity index (χ1v) is 9.86. The minimum atomic E-state index is -0.150. The summed E-state index contributed by atoms with van der Waals surface area (Å²) in [6, 6.07) is 7.91. The molecule has 1 saturated heterocycles. The minimum absolute atomic E-state index is 0.150. The maximum Gasteiger partial charge on any atom is 0.251 e. The second-order valence-corrected chi connectivity index (χ2v) is 7.48. The molecule has 0 aliphatic carbocycles. The number of piperidine rings is 1. The molecule has 0 atom stereocenters. The smallest absolute Gasteiger partial charge is 0.251 e. The number of methoxy groups -OCH3 is 1. The lowest BCUT2D eigenvalue weighted by atomic mass is 9.93. The van der Waals surface area contributed by atoms with E-state index >= 15 is 0 Å². The zero-order valence-electron chi connectivity index (χ0n) is 16.8. The molecule has 4 rings (SSSR count). The van der Waals surface area contributed by atoms with Gasteiger partial charge in [-0.15, -0.1) is 0 Å². The number of hydrogen-bond acceptors (Lipinski definition) is 6. The Morgan fingerprint density at radius 1 is 1.21 bits per heavy atom. The van der Waals surface area contributed by atoms with Crippen molar-refractivity contribution < 1.29 is 4.74 Å². The van der Waals surface area contributed by atoms with E-state index in [9.17, 15) is 4.79 Å². The van der Waals surface area contributed by atoms with Gasteiger partial charge in [-0.25, -0.2) is 9.97 Å². The molecular weight excluding hydrogens is 366 g/mol. The Morgan fingerprint density at radius 3 is 2.76 bits per heavy atom. The molecule has 0 spiro atoms. The van der Waals surface area contributed by atoms with E-state index < -0.39 is 0 Å². The summed E-state index contributed by atoms with van der Waals surface area (Å²) in [4.78, 5) is 30.4. The molecule has 3 aromatic rings. The lowest BCUT2D eigenvalue weighted by molar-refractivity contribution is 0.201. The van der Waals surface area contributed by atoms with Crippen LogP contribution in [0.3, 0.4) is 0 Å². The molecular formula is C22H25N5O2. The first-order valence-electron chi connectivity index (χ1n) is 9.86. The molecule has 1 fully saturated rings. The van der Waals surface area contributed by atoms with Crippen molar-refractivity contribution in [2.45, 2.75) is 32.2 Å². The lowest BCUT2D eigenvalue weighted by Gasteiger charge is -2.32. The zero-order valence-corrected chi connectivity index (χ0v) is 16.8. The van der Waals surface area contributed by atoms with Gasteiger partial charge in [0.2, 0.25) is 0 Å². The summed E-state index contributed by atoms with van der Waals surface area (Å²) >= 11 is 0. The average molecular weight is 391 g/mol. The Labute approximate surface area is 169 Å². The molecule has 0 bridgehead atoms. The summed E-state index contributed by atoms with van der Waals surface area (Å²) < 4.78 is 5.51. The SMILES string of the molecule is COc1ccc(C)cc1CN1CCC(c2cc(=O)[nH]c(-c3cnccn3)n2)CC1. The fourth-order valence-corrected chi connectivity index (χ4v) is 3.89. The van der Waals surface area contributed by atoms with Crippen LogP contribution in [0.25, 0.3) is 11.5 Å². The van der Waals surface area contributed by atoms with Crippen molar-refractivity contribution in [2.75, 3.05) is 20.2 Å². The maximum atomic E-state index is 12.2. The Bertz CT molecular complexity index is 1030. The monoisotopic (exact) mass is 391 g/mol. The van der Waals surface area contributed by atoms with Gasteiger partial charge in [-0.05, 0) is 38.9 Å². The number of likely N-dealkylation sites (tertiary alicyclic amines) is 1. The molecule has 1 aliphatic heterocycles. The second-order valence-electron chi connectivity index (χ2n) is 7.48. The van der Waals surface area contributed by atoms with E-state index in [1.165, 1.54) is 11.1 Å². The van der Waals surface area contributed by atoms with Crippen molar-refractivity contribution in [1.82, 2.24) is 24.8 Å². The van der Waals surface area contributed by atoms with Crippen LogP contribution in [0.4, 0.5) is 0 Å². The summed E-state index contributed by atoms with van der Waals surface area (Å²) in [6.07, 6.45) is 6.74. The Kier molecular flexibility index (Phi) is 5.67. The van der Waals surface area contributed by atoms with Crippen LogP contribution in [0.15, 0.2) is 47.7 Å². The van der Waals surface area contributed by atoms with E-state index in [0.717, 1.165) is 43.9 Å². The number of H-pyrrole nitrogens is 1. The van der Waals surface area contributed by atoms with Crippen molar-refractivity contribution in [3.8, 4) is 17.3 Å². The van der Waals surface area contributed by atoms with E-state index in [-0.39, 0.29) is 11.5 Å². The highest BCUT2D eigenvalue weighted by Crippen LogP contribution is 2.29. The number of ether oxygens (including phenoxy) is 1. The number of nitrogens with one attached hydrogen (secondary N) is 1. The normalized spacial score (nSPS) is 15.4. The lowest BCUT2D eigenvalue weighted by Crippen LogP contribution is -2.33. The van der Waals surface area contributed by atoms with E-state index in [1.807, 2.05) is 6.07 Å². The molecule has 1 N–H and O–H groups in total. The van der Waals surface area contributed by atoms with Gasteiger partial charge in [-0.2, -0.15) is 0 Å². The maximum absolute atomic E-state index is 12.2. The molecule has 1 aromatic carbocycles. The molecule has 7 heteroatoms. The molecule has 0 saturated carbocycles. The summed E-state index contributed by atoms with van der Waals surface area (Å²) in [5, 5.41) is 0. The van der Waals surface area contributed by atoms with Crippen LogP contribution >= 0.6 is 0 Å². The largest absolute Gasteiger partial charge is 0.496 e. The quantitative estimate of drug-likeness (QED) is 0.720. The third-order valence-electron chi connectivity index (χ3n) is 5.40. The van der Waals surface area contributed by atoms with E-state index in [2.05, 4.69) is 43.9 Å². The van der Waals surface area contributed by atoms with Crippen LogP contribution in [-0.4, -0.2) is 45.0 Å². The van der Waals surface area contributed by atoms with Gasteiger partial charge in [-0.3, -0.25) is 14.7 Å².